The minimum Gasteiger partial charge on any atom is -0.494 e. The number of amides is 1. The highest BCUT2D eigenvalue weighted by Gasteiger charge is 2.40. The number of nitrogens with zero attached hydrogens (tertiary/aromatic N) is 6. The van der Waals surface area contributed by atoms with Crippen molar-refractivity contribution in [2.24, 2.45) is 5.73 Å². The van der Waals surface area contributed by atoms with Crippen LogP contribution in [0.1, 0.15) is 34.9 Å². The third-order valence-electron chi connectivity index (χ3n) is 6.78. The second-order valence-corrected chi connectivity index (χ2v) is 9.46. The lowest BCUT2D eigenvalue weighted by atomic mass is 10.1. The van der Waals surface area contributed by atoms with Crippen LogP contribution in [0.3, 0.4) is 0 Å². The Kier molecular flexibility index (Phi) is 7.69. The van der Waals surface area contributed by atoms with Crippen LogP contribution in [0.4, 0.5) is 19.1 Å². The Balaban J connectivity index is 1.55. The van der Waals surface area contributed by atoms with Gasteiger partial charge in [-0.25, -0.2) is 24.7 Å². The lowest BCUT2D eigenvalue weighted by Gasteiger charge is -2.39. The molecule has 4 aromatic rings. The summed E-state index contributed by atoms with van der Waals surface area (Å²) in [5.74, 6) is -0.801. The first-order valence-electron chi connectivity index (χ1n) is 12.8. The predicted octanol–water partition coefficient (Wildman–Crippen LogP) is 3.23. The maximum absolute atomic E-state index is 13.9. The second-order valence-electron chi connectivity index (χ2n) is 9.46. The summed E-state index contributed by atoms with van der Waals surface area (Å²) in [6.45, 7) is 2.08. The molecule has 0 aliphatic carbocycles. The van der Waals surface area contributed by atoms with E-state index in [1.807, 2.05) is 0 Å². The van der Waals surface area contributed by atoms with Crippen molar-refractivity contribution in [1.82, 2.24) is 24.8 Å². The zero-order valence-corrected chi connectivity index (χ0v) is 22.8. The second kappa shape index (κ2) is 11.2. The molecule has 42 heavy (non-hydrogen) atoms. The van der Waals surface area contributed by atoms with E-state index in [1.165, 1.54) is 37.3 Å². The van der Waals surface area contributed by atoms with E-state index in [-0.39, 0.29) is 52.7 Å². The maximum Gasteiger partial charge on any atom is 0.433 e. The molecule has 1 saturated heterocycles. The molecule has 2 N–H and O–H groups in total. The Bertz CT molecular complexity index is 1630. The normalized spacial score (nSPS) is 16.4. The molecule has 0 bridgehead atoms. The highest BCUT2D eigenvalue weighted by atomic mass is 19.4. The number of carbonyl (C=O) groups excluding carboxylic acids is 2. The highest BCUT2D eigenvalue weighted by Crippen LogP contribution is 2.37. The molecular formula is C27H26F3N7O5. The average Bonchev–Trinajstić information content (AvgIpc) is 3.45. The molecule has 220 valence electrons. The number of ether oxygens (including phenoxy) is 2. The zero-order valence-electron chi connectivity index (χ0n) is 22.8. The number of hydrogen-bond acceptors (Lipinski definition) is 11. The summed E-state index contributed by atoms with van der Waals surface area (Å²) >= 11 is 0. The molecule has 5 rings (SSSR count). The van der Waals surface area contributed by atoms with Crippen molar-refractivity contribution in [3.63, 3.8) is 0 Å². The van der Waals surface area contributed by atoms with Crippen LogP contribution in [-0.4, -0.2) is 76.6 Å². The molecule has 1 aliphatic heterocycles. The van der Waals surface area contributed by atoms with Crippen molar-refractivity contribution >= 4 is 28.7 Å². The summed E-state index contributed by atoms with van der Waals surface area (Å²) in [4.78, 5) is 46.4. The largest absolute Gasteiger partial charge is 0.494 e. The van der Waals surface area contributed by atoms with Gasteiger partial charge in [0.2, 0.25) is 11.8 Å². The van der Waals surface area contributed by atoms with Crippen LogP contribution >= 0.6 is 0 Å². The molecule has 1 amide bonds. The van der Waals surface area contributed by atoms with Crippen LogP contribution < -0.4 is 15.4 Å². The quantitative estimate of drug-likeness (QED) is 0.332. The maximum atomic E-state index is 13.9. The number of carbonyl (C=O) groups is 2. The SMILES string of the molecule is COC(=O)C1CN(c2ncccn2)CCN1C(=O)c1nc(-c2ccc(OC)c3nc(C(F)(F)F)ccc23)oc1[C@H](C)N. The molecule has 1 fully saturated rings. The van der Waals surface area contributed by atoms with Gasteiger partial charge in [0.05, 0.1) is 26.8 Å². The lowest BCUT2D eigenvalue weighted by molar-refractivity contribution is -0.146. The molecule has 1 aromatic carbocycles. The number of hydrogen-bond donors (Lipinski definition) is 1. The van der Waals surface area contributed by atoms with Crippen LogP contribution in [0, 0.1) is 0 Å². The first-order valence-corrected chi connectivity index (χ1v) is 12.8. The standard InChI is InChI=1S/C27H26F3N7O5/c1-14(31)22-21(24(38)37-12-11-36(13-17(37)25(39)41-3)26-32-9-4-10-33-26)35-23(42-22)16-5-7-18(40-2)20-15(16)6-8-19(34-20)27(28,29)30/h4-10,14,17H,11-13,31H2,1-3H3/t14-,17?/m0/s1. The minimum absolute atomic E-state index is 0.0382. The third-order valence-corrected chi connectivity index (χ3v) is 6.78. The van der Waals surface area contributed by atoms with Crippen molar-refractivity contribution in [2.75, 3.05) is 38.8 Å². The Hall–Kier alpha value is -4.79. The number of piperazine rings is 1. The fraction of sp³-hybridized carbons (Fsp3) is 0.333. The molecule has 4 heterocycles. The van der Waals surface area contributed by atoms with Gasteiger partial charge in [-0.05, 0) is 37.3 Å². The van der Waals surface area contributed by atoms with Crippen molar-refractivity contribution in [2.45, 2.75) is 25.2 Å². The van der Waals surface area contributed by atoms with Gasteiger partial charge in [0.25, 0.3) is 5.91 Å². The van der Waals surface area contributed by atoms with E-state index in [9.17, 15) is 22.8 Å². The Morgan fingerprint density at radius 2 is 1.83 bits per heavy atom. The first kappa shape index (κ1) is 28.7. The van der Waals surface area contributed by atoms with E-state index >= 15 is 0 Å². The van der Waals surface area contributed by atoms with Gasteiger partial charge in [-0.1, -0.05) is 0 Å². The number of anilines is 1. The van der Waals surface area contributed by atoms with Gasteiger partial charge in [-0.2, -0.15) is 13.2 Å². The predicted molar refractivity (Wildman–Crippen MR) is 142 cm³/mol. The van der Waals surface area contributed by atoms with Crippen LogP contribution in [0.15, 0.2) is 47.1 Å². The molecule has 3 aromatic heterocycles. The number of methoxy groups -OCH3 is 2. The zero-order chi connectivity index (χ0) is 30.2. The molecule has 1 unspecified atom stereocenters. The number of aromatic nitrogens is 4. The number of alkyl halides is 3. The van der Waals surface area contributed by atoms with Crippen LogP contribution in [-0.2, 0) is 15.7 Å². The Labute approximate surface area is 237 Å². The third kappa shape index (κ3) is 5.30. The van der Waals surface area contributed by atoms with E-state index in [4.69, 9.17) is 19.6 Å². The fourth-order valence-electron chi connectivity index (χ4n) is 4.75. The van der Waals surface area contributed by atoms with Gasteiger partial charge >= 0.3 is 12.1 Å². The lowest BCUT2D eigenvalue weighted by Crippen LogP contribution is -2.59. The molecule has 0 saturated carbocycles. The number of benzene rings is 1. The van der Waals surface area contributed by atoms with Gasteiger partial charge in [0.1, 0.15) is 23.0 Å². The summed E-state index contributed by atoms with van der Waals surface area (Å²) in [5.41, 5.74) is 5.11. The topological polar surface area (TPSA) is 150 Å². The fourth-order valence-corrected chi connectivity index (χ4v) is 4.75. The van der Waals surface area contributed by atoms with Crippen molar-refractivity contribution in [1.29, 1.82) is 0 Å². The molecule has 2 atom stereocenters. The van der Waals surface area contributed by atoms with Crippen molar-refractivity contribution in [3.8, 4) is 17.2 Å². The summed E-state index contributed by atoms with van der Waals surface area (Å²) in [6, 6.07) is 4.89. The number of nitrogens with two attached hydrogens (primary N) is 1. The molecule has 1 aliphatic rings. The van der Waals surface area contributed by atoms with Gasteiger partial charge < -0.3 is 29.4 Å². The van der Waals surface area contributed by atoms with Gasteiger partial charge in [-0.3, -0.25) is 4.79 Å². The first-order chi connectivity index (χ1) is 20.0. The molecular weight excluding hydrogens is 559 g/mol. The van der Waals surface area contributed by atoms with E-state index in [0.717, 1.165) is 6.07 Å². The number of esters is 1. The summed E-state index contributed by atoms with van der Waals surface area (Å²) in [5, 5.41) is 0.253. The number of fused-ring (bicyclic) bond motifs is 1. The van der Waals surface area contributed by atoms with Crippen LogP contribution in [0.2, 0.25) is 0 Å². The molecule has 12 nitrogen and oxygen atoms in total. The molecule has 0 radical (unpaired) electrons. The molecule has 0 spiro atoms. The number of halogens is 3. The summed E-state index contributed by atoms with van der Waals surface area (Å²) in [6.07, 6.45) is -1.53. The average molecular weight is 586 g/mol. The number of oxazole rings is 1. The van der Waals surface area contributed by atoms with E-state index in [1.54, 1.807) is 30.3 Å². The van der Waals surface area contributed by atoms with E-state index < -0.39 is 35.8 Å². The van der Waals surface area contributed by atoms with E-state index in [0.29, 0.717) is 12.5 Å². The summed E-state index contributed by atoms with van der Waals surface area (Å²) < 4.78 is 56.3. The number of rotatable bonds is 6. The van der Waals surface area contributed by atoms with E-state index in [2.05, 4.69) is 19.9 Å². The monoisotopic (exact) mass is 585 g/mol. The van der Waals surface area contributed by atoms with Crippen molar-refractivity contribution < 1.29 is 36.7 Å². The minimum atomic E-state index is -4.67. The van der Waals surface area contributed by atoms with Crippen LogP contribution in [0.25, 0.3) is 22.4 Å². The van der Waals surface area contributed by atoms with Gasteiger partial charge in [0, 0.05) is 36.4 Å². The summed E-state index contributed by atoms with van der Waals surface area (Å²) in [7, 11) is 2.53. The van der Waals surface area contributed by atoms with Crippen LogP contribution in [0.5, 0.6) is 5.75 Å². The van der Waals surface area contributed by atoms with Gasteiger partial charge in [-0.15, -0.1) is 0 Å². The molecule has 15 heteroatoms. The Morgan fingerprint density at radius 1 is 1.10 bits per heavy atom. The number of pyridine rings is 1. The highest BCUT2D eigenvalue weighted by molar-refractivity contribution is 5.99. The van der Waals surface area contributed by atoms with Crippen molar-refractivity contribution in [3.05, 3.63) is 59.9 Å². The Morgan fingerprint density at radius 3 is 2.48 bits per heavy atom. The van der Waals surface area contributed by atoms with Gasteiger partial charge in [0.15, 0.2) is 11.5 Å². The smallest absolute Gasteiger partial charge is 0.433 e.